The monoisotopic (exact) mass is 591 g/mol. The van der Waals surface area contributed by atoms with Crippen molar-refractivity contribution in [3.8, 4) is 5.75 Å². The zero-order valence-corrected chi connectivity index (χ0v) is 24.4. The van der Waals surface area contributed by atoms with Gasteiger partial charge in [0.1, 0.15) is 17.0 Å². The molecule has 0 bridgehead atoms. The van der Waals surface area contributed by atoms with Crippen molar-refractivity contribution in [2.24, 2.45) is 0 Å². The van der Waals surface area contributed by atoms with Gasteiger partial charge >= 0.3 is 5.63 Å². The average molecular weight is 592 g/mol. The molecule has 216 valence electrons. The van der Waals surface area contributed by atoms with Crippen LogP contribution in [-0.4, -0.2) is 31.0 Å². The first kappa shape index (κ1) is 29.2. The number of phenolic OH excluding ortho intramolecular Hbond substituents is 1. The number of carbonyl (C=O) groups excluding carboxylic acids is 2. The Bertz CT molecular complexity index is 1870. The summed E-state index contributed by atoms with van der Waals surface area (Å²) in [5, 5.41) is 16.0. The summed E-state index contributed by atoms with van der Waals surface area (Å²) in [6, 6.07) is 29.9. The van der Waals surface area contributed by atoms with Crippen molar-refractivity contribution in [1.82, 2.24) is 5.32 Å². The largest absolute Gasteiger partial charge is 0.508 e. The van der Waals surface area contributed by atoms with E-state index in [9.17, 15) is 19.5 Å². The number of amides is 2. The third-order valence-electron chi connectivity index (χ3n) is 6.53. The molecule has 0 atom stereocenters. The van der Waals surface area contributed by atoms with Crippen LogP contribution in [0.3, 0.4) is 0 Å². The Labute approximate surface area is 252 Å². The zero-order chi connectivity index (χ0) is 30.3. The van der Waals surface area contributed by atoms with Crippen LogP contribution in [0.25, 0.3) is 17.0 Å². The fraction of sp³-hybridized carbons (Fsp3) is 0.0882. The fourth-order valence-corrected chi connectivity index (χ4v) is 5.15. The van der Waals surface area contributed by atoms with Crippen LogP contribution < -0.4 is 21.2 Å². The minimum absolute atomic E-state index is 0.0245. The number of phenols is 1. The number of nitrogens with one attached hydrogen (secondary N) is 2. The van der Waals surface area contributed by atoms with Crippen molar-refractivity contribution >= 4 is 52.0 Å². The maximum absolute atomic E-state index is 13.5. The van der Waals surface area contributed by atoms with Gasteiger partial charge in [0.25, 0.3) is 11.8 Å². The summed E-state index contributed by atoms with van der Waals surface area (Å²) in [5.41, 5.74) is 3.12. The highest BCUT2D eigenvalue weighted by molar-refractivity contribution is 7.98. The first-order valence-corrected chi connectivity index (χ1v) is 14.4. The molecule has 0 radical (unpaired) electrons. The molecule has 0 aliphatic rings. The molecule has 2 amide bonds. The maximum atomic E-state index is 13.5. The van der Waals surface area contributed by atoms with Crippen molar-refractivity contribution in [2.75, 3.05) is 24.3 Å². The van der Waals surface area contributed by atoms with Crippen LogP contribution in [0.15, 0.2) is 123 Å². The normalized spacial score (nSPS) is 11.3. The fourth-order valence-electron chi connectivity index (χ4n) is 4.24. The van der Waals surface area contributed by atoms with Gasteiger partial charge in [-0.2, -0.15) is 0 Å². The van der Waals surface area contributed by atoms with E-state index in [2.05, 4.69) is 10.6 Å². The number of hydrogen-bond acceptors (Lipinski definition) is 7. The number of hydrogen-bond donors (Lipinski definition) is 3. The van der Waals surface area contributed by atoms with E-state index in [1.54, 1.807) is 60.7 Å². The summed E-state index contributed by atoms with van der Waals surface area (Å²) in [6.07, 6.45) is 1.63. The summed E-state index contributed by atoms with van der Waals surface area (Å²) in [7, 11) is 3.89. The Kier molecular flexibility index (Phi) is 8.93. The van der Waals surface area contributed by atoms with E-state index in [4.69, 9.17) is 4.42 Å². The highest BCUT2D eigenvalue weighted by Gasteiger charge is 2.16. The van der Waals surface area contributed by atoms with E-state index in [1.165, 1.54) is 23.9 Å². The predicted molar refractivity (Wildman–Crippen MR) is 171 cm³/mol. The second-order valence-corrected chi connectivity index (χ2v) is 11.0. The molecule has 4 aromatic carbocycles. The first-order chi connectivity index (χ1) is 20.7. The van der Waals surface area contributed by atoms with E-state index in [0.29, 0.717) is 33.5 Å². The zero-order valence-electron chi connectivity index (χ0n) is 23.5. The lowest BCUT2D eigenvalue weighted by atomic mass is 10.1. The van der Waals surface area contributed by atoms with E-state index in [0.717, 1.165) is 16.1 Å². The molecule has 1 aromatic heterocycles. The van der Waals surface area contributed by atoms with Gasteiger partial charge in [-0.1, -0.05) is 36.4 Å². The van der Waals surface area contributed by atoms with E-state index < -0.39 is 17.4 Å². The van der Waals surface area contributed by atoms with Gasteiger partial charge in [-0.3, -0.25) is 9.59 Å². The maximum Gasteiger partial charge on any atom is 0.340 e. The molecular formula is C34H29N3O5S. The standard InChI is InChI=1S/C34H29N3O5S/c1-37(2)27-14-11-22(12-15-27)17-30(36-32(39)23-7-4-3-5-8-23)33(40)35-26-9-6-10-29(19-26)43-21-25-18-24-13-16-28(38)20-31(24)42-34(25)41/h3-20,38H,21H2,1-2H3,(H,35,40)(H,36,39)/b30-17-. The summed E-state index contributed by atoms with van der Waals surface area (Å²) >= 11 is 1.41. The first-order valence-electron chi connectivity index (χ1n) is 13.4. The number of nitrogens with zero attached hydrogens (tertiary/aromatic N) is 1. The highest BCUT2D eigenvalue weighted by atomic mass is 32.2. The van der Waals surface area contributed by atoms with Gasteiger partial charge in [-0.25, -0.2) is 4.79 Å². The van der Waals surface area contributed by atoms with Crippen LogP contribution >= 0.6 is 11.8 Å². The summed E-state index contributed by atoms with van der Waals surface area (Å²) in [5.74, 6) is -0.517. The van der Waals surface area contributed by atoms with Crippen LogP contribution in [0.2, 0.25) is 0 Å². The van der Waals surface area contributed by atoms with Crippen LogP contribution in [-0.2, 0) is 10.5 Å². The number of carbonyl (C=O) groups is 2. The lowest BCUT2D eigenvalue weighted by molar-refractivity contribution is -0.113. The summed E-state index contributed by atoms with van der Waals surface area (Å²) < 4.78 is 5.37. The van der Waals surface area contributed by atoms with Gasteiger partial charge in [0, 0.05) is 58.7 Å². The van der Waals surface area contributed by atoms with Crippen molar-refractivity contribution in [3.63, 3.8) is 0 Å². The minimum atomic E-state index is -0.485. The Morgan fingerprint density at radius 3 is 2.42 bits per heavy atom. The molecule has 0 aliphatic heterocycles. The highest BCUT2D eigenvalue weighted by Crippen LogP contribution is 2.27. The van der Waals surface area contributed by atoms with Crippen LogP contribution in [0, 0.1) is 0 Å². The molecule has 0 aliphatic carbocycles. The molecule has 0 saturated carbocycles. The molecular weight excluding hydrogens is 562 g/mol. The van der Waals surface area contributed by atoms with Crippen molar-refractivity contribution in [1.29, 1.82) is 0 Å². The SMILES string of the molecule is CN(C)c1ccc(/C=C(\NC(=O)c2ccccc2)C(=O)Nc2cccc(SCc3cc4ccc(O)cc4oc3=O)c2)cc1. The molecule has 43 heavy (non-hydrogen) atoms. The van der Waals surface area contributed by atoms with Gasteiger partial charge in [-0.15, -0.1) is 11.8 Å². The lowest BCUT2D eigenvalue weighted by Gasteiger charge is -2.14. The number of anilines is 2. The van der Waals surface area contributed by atoms with Gasteiger partial charge in [0.2, 0.25) is 0 Å². The Morgan fingerprint density at radius 2 is 1.67 bits per heavy atom. The van der Waals surface area contributed by atoms with E-state index >= 15 is 0 Å². The molecule has 0 spiro atoms. The molecule has 8 nitrogen and oxygen atoms in total. The Balaban J connectivity index is 1.33. The molecule has 9 heteroatoms. The van der Waals surface area contributed by atoms with Gasteiger partial charge in [-0.05, 0) is 72.3 Å². The molecule has 0 saturated heterocycles. The molecule has 3 N–H and O–H groups in total. The third-order valence-corrected chi connectivity index (χ3v) is 7.57. The molecule has 5 aromatic rings. The quantitative estimate of drug-likeness (QED) is 0.105. The minimum Gasteiger partial charge on any atom is -0.508 e. The number of benzene rings is 4. The van der Waals surface area contributed by atoms with Gasteiger partial charge in [0.05, 0.1) is 0 Å². The number of rotatable bonds is 9. The van der Waals surface area contributed by atoms with Crippen LogP contribution in [0.5, 0.6) is 5.75 Å². The molecule has 0 fully saturated rings. The second kappa shape index (κ2) is 13.1. The molecule has 5 rings (SSSR count). The van der Waals surface area contributed by atoms with Gasteiger partial charge in [0.15, 0.2) is 0 Å². The average Bonchev–Trinajstić information content (AvgIpc) is 3.00. The molecule has 0 unspecified atom stereocenters. The second-order valence-electron chi connectivity index (χ2n) is 9.92. The summed E-state index contributed by atoms with van der Waals surface area (Å²) in [4.78, 5) is 41.7. The number of thioether (sulfide) groups is 1. The van der Waals surface area contributed by atoms with E-state index in [-0.39, 0.29) is 11.4 Å². The van der Waals surface area contributed by atoms with Crippen molar-refractivity contribution in [2.45, 2.75) is 10.6 Å². The van der Waals surface area contributed by atoms with E-state index in [1.807, 2.05) is 55.4 Å². The third kappa shape index (κ3) is 7.52. The predicted octanol–water partition coefficient (Wildman–Crippen LogP) is 6.27. The van der Waals surface area contributed by atoms with Crippen molar-refractivity contribution in [3.05, 3.63) is 136 Å². The smallest absolute Gasteiger partial charge is 0.340 e. The number of aromatic hydroxyl groups is 1. The van der Waals surface area contributed by atoms with Crippen LogP contribution in [0.4, 0.5) is 11.4 Å². The molecule has 1 heterocycles. The summed E-state index contributed by atoms with van der Waals surface area (Å²) in [6.45, 7) is 0. The lowest BCUT2D eigenvalue weighted by Crippen LogP contribution is -2.30. The van der Waals surface area contributed by atoms with Crippen LogP contribution in [0.1, 0.15) is 21.5 Å². The van der Waals surface area contributed by atoms with Crippen molar-refractivity contribution < 1.29 is 19.1 Å². The topological polar surface area (TPSA) is 112 Å². The Morgan fingerprint density at radius 1 is 0.907 bits per heavy atom. The number of fused-ring (bicyclic) bond motifs is 1. The Hall–Kier alpha value is -5.28. The van der Waals surface area contributed by atoms with Gasteiger partial charge < -0.3 is 25.1 Å².